The van der Waals surface area contributed by atoms with E-state index in [-0.39, 0.29) is 17.4 Å². The molecule has 6 nitrogen and oxygen atoms in total. The number of carbonyl (C=O) groups is 1. The Morgan fingerprint density at radius 3 is 2.83 bits per heavy atom. The second-order valence-electron chi connectivity index (χ2n) is 7.46. The van der Waals surface area contributed by atoms with Crippen LogP contribution >= 0.6 is 0 Å². The number of piperidine rings is 1. The summed E-state index contributed by atoms with van der Waals surface area (Å²) in [5.41, 5.74) is -0.168. The van der Waals surface area contributed by atoms with Crippen molar-refractivity contribution >= 4 is 15.7 Å². The number of amides is 1. The third-order valence-corrected chi connectivity index (χ3v) is 5.94. The van der Waals surface area contributed by atoms with Gasteiger partial charge in [0.15, 0.2) is 9.84 Å². The lowest BCUT2D eigenvalue weighted by Crippen LogP contribution is -2.58. The summed E-state index contributed by atoms with van der Waals surface area (Å²) in [5, 5.41) is 0. The van der Waals surface area contributed by atoms with Crippen LogP contribution in [-0.4, -0.2) is 70.2 Å². The van der Waals surface area contributed by atoms with Crippen LogP contribution in [0.4, 0.5) is 0 Å². The number of nitrogens with zero attached hydrogens (tertiary/aromatic N) is 1. The van der Waals surface area contributed by atoms with E-state index in [1.54, 1.807) is 4.90 Å². The van der Waals surface area contributed by atoms with Gasteiger partial charge in [0.1, 0.15) is 5.75 Å². The van der Waals surface area contributed by atoms with Crippen molar-refractivity contribution in [1.82, 2.24) is 4.90 Å². The smallest absolute Gasteiger partial charge is 0.237 e. The predicted octanol–water partition coefficient (Wildman–Crippen LogP) is 0.855. The zero-order chi connectivity index (χ0) is 16.5. The molecule has 1 aliphatic carbocycles. The van der Waals surface area contributed by atoms with Gasteiger partial charge in [-0.15, -0.1) is 0 Å². The van der Waals surface area contributed by atoms with Gasteiger partial charge in [-0.1, -0.05) is 0 Å². The lowest BCUT2D eigenvalue weighted by atomic mass is 9.73. The largest absolute Gasteiger partial charge is 0.380 e. The van der Waals surface area contributed by atoms with Gasteiger partial charge in [-0.2, -0.15) is 0 Å². The highest BCUT2D eigenvalue weighted by atomic mass is 32.2. The van der Waals surface area contributed by atoms with E-state index in [9.17, 15) is 13.2 Å². The van der Waals surface area contributed by atoms with Crippen LogP contribution in [-0.2, 0) is 24.1 Å². The minimum absolute atomic E-state index is 0.123. The van der Waals surface area contributed by atoms with Crippen molar-refractivity contribution in [2.24, 2.45) is 11.3 Å². The molecule has 0 bridgehead atoms. The highest BCUT2D eigenvalue weighted by Crippen LogP contribution is 2.41. The van der Waals surface area contributed by atoms with E-state index in [4.69, 9.17) is 9.47 Å². The predicted molar refractivity (Wildman–Crippen MR) is 85.9 cm³/mol. The van der Waals surface area contributed by atoms with Crippen molar-refractivity contribution in [2.45, 2.75) is 38.2 Å². The minimum atomic E-state index is -3.30. The molecule has 0 unspecified atom stereocenters. The Hall–Kier alpha value is -0.660. The van der Waals surface area contributed by atoms with Gasteiger partial charge in [0.05, 0.1) is 12.7 Å². The fourth-order valence-electron chi connectivity index (χ4n) is 3.74. The first-order valence-corrected chi connectivity index (χ1v) is 10.6. The number of fused-ring (bicyclic) bond motifs is 1. The molecule has 7 heteroatoms. The van der Waals surface area contributed by atoms with Crippen LogP contribution < -0.4 is 0 Å². The first-order valence-electron chi connectivity index (χ1n) is 8.53. The van der Waals surface area contributed by atoms with Gasteiger partial charge in [0.2, 0.25) is 5.91 Å². The van der Waals surface area contributed by atoms with Crippen LogP contribution in [0.25, 0.3) is 0 Å². The Labute approximate surface area is 138 Å². The second kappa shape index (κ2) is 6.69. The Bertz CT molecular complexity index is 545. The maximum atomic E-state index is 12.3. The first-order chi connectivity index (χ1) is 10.9. The molecular formula is C16H27NO5S. The normalized spacial score (nSPS) is 31.7. The van der Waals surface area contributed by atoms with Crippen molar-refractivity contribution in [3.63, 3.8) is 0 Å². The number of likely N-dealkylation sites (tertiary alicyclic amines) is 1. The summed E-state index contributed by atoms with van der Waals surface area (Å²) in [6, 6.07) is 0. The number of hydrogen-bond acceptors (Lipinski definition) is 5. The van der Waals surface area contributed by atoms with E-state index < -0.39 is 15.6 Å². The van der Waals surface area contributed by atoms with Crippen molar-refractivity contribution < 1.29 is 22.7 Å². The first kappa shape index (κ1) is 17.2. The second-order valence-corrected chi connectivity index (χ2v) is 9.60. The molecule has 0 aromatic rings. The SMILES string of the molecule is CS(=O)(=O)CC(=O)N1CC[C@H]2OCCC[C@@]2(COCC2CC2)C1. The molecular weight excluding hydrogens is 318 g/mol. The molecule has 3 rings (SSSR count). The molecule has 2 heterocycles. The maximum absolute atomic E-state index is 12.3. The fraction of sp³-hybridized carbons (Fsp3) is 0.938. The lowest BCUT2D eigenvalue weighted by Gasteiger charge is -2.50. The maximum Gasteiger partial charge on any atom is 0.237 e. The summed E-state index contributed by atoms with van der Waals surface area (Å²) in [5.74, 6) is 0.0105. The van der Waals surface area contributed by atoms with E-state index in [1.165, 1.54) is 12.8 Å². The lowest BCUT2D eigenvalue weighted by molar-refractivity contribution is -0.163. The van der Waals surface area contributed by atoms with Crippen molar-refractivity contribution in [2.75, 3.05) is 44.9 Å². The molecule has 23 heavy (non-hydrogen) atoms. The van der Waals surface area contributed by atoms with E-state index in [0.29, 0.717) is 25.6 Å². The zero-order valence-corrected chi connectivity index (χ0v) is 14.6. The van der Waals surface area contributed by atoms with Gasteiger partial charge in [-0.3, -0.25) is 4.79 Å². The van der Waals surface area contributed by atoms with Crippen LogP contribution in [0.3, 0.4) is 0 Å². The molecule has 3 fully saturated rings. The number of ether oxygens (including phenoxy) is 2. The van der Waals surface area contributed by atoms with Crippen molar-refractivity contribution in [3.05, 3.63) is 0 Å². The number of hydrogen-bond donors (Lipinski definition) is 0. The van der Waals surface area contributed by atoms with E-state index >= 15 is 0 Å². The van der Waals surface area contributed by atoms with Gasteiger partial charge >= 0.3 is 0 Å². The van der Waals surface area contributed by atoms with E-state index in [0.717, 1.165) is 38.7 Å². The van der Waals surface area contributed by atoms with Crippen LogP contribution in [0, 0.1) is 11.3 Å². The van der Waals surface area contributed by atoms with Crippen LogP contribution in [0.15, 0.2) is 0 Å². The quantitative estimate of drug-likeness (QED) is 0.714. The number of rotatable bonds is 6. The van der Waals surface area contributed by atoms with Crippen molar-refractivity contribution in [1.29, 1.82) is 0 Å². The van der Waals surface area contributed by atoms with Crippen LogP contribution in [0.1, 0.15) is 32.1 Å². The molecule has 0 radical (unpaired) electrons. The summed E-state index contributed by atoms with van der Waals surface area (Å²) in [7, 11) is -3.30. The topological polar surface area (TPSA) is 72.9 Å². The summed E-state index contributed by atoms with van der Waals surface area (Å²) in [4.78, 5) is 14.0. The van der Waals surface area contributed by atoms with Gasteiger partial charge in [-0.25, -0.2) is 8.42 Å². The Morgan fingerprint density at radius 2 is 2.13 bits per heavy atom. The molecule has 2 atom stereocenters. The van der Waals surface area contributed by atoms with Crippen LogP contribution in [0.5, 0.6) is 0 Å². The molecule has 0 spiro atoms. The standard InChI is InChI=1S/C16H27NO5S/c1-23(19,20)10-15(18)17-7-5-14-16(11-17,6-2-8-22-14)12-21-9-13-3-4-13/h13-14H,2-12H2,1H3/t14-,16+/m1/s1. The Balaban J connectivity index is 1.65. The molecule has 3 aliphatic rings. The van der Waals surface area contributed by atoms with Gasteiger partial charge in [0, 0.05) is 38.0 Å². The minimum Gasteiger partial charge on any atom is -0.380 e. The molecule has 0 aromatic carbocycles. The summed E-state index contributed by atoms with van der Waals surface area (Å²) < 4.78 is 34.7. The highest BCUT2D eigenvalue weighted by molar-refractivity contribution is 7.91. The van der Waals surface area contributed by atoms with E-state index in [2.05, 4.69) is 0 Å². The third kappa shape index (κ3) is 4.45. The molecule has 0 aromatic heterocycles. The fourth-order valence-corrected chi connectivity index (χ4v) is 4.37. The van der Waals surface area contributed by atoms with Gasteiger partial charge in [-0.05, 0) is 38.0 Å². The van der Waals surface area contributed by atoms with Crippen LogP contribution in [0.2, 0.25) is 0 Å². The van der Waals surface area contributed by atoms with E-state index in [1.807, 2.05) is 0 Å². The Morgan fingerprint density at radius 1 is 1.35 bits per heavy atom. The molecule has 2 aliphatic heterocycles. The average Bonchev–Trinajstić information content (AvgIpc) is 3.29. The van der Waals surface area contributed by atoms with Gasteiger partial charge < -0.3 is 14.4 Å². The molecule has 1 amide bonds. The highest BCUT2D eigenvalue weighted by Gasteiger charge is 2.47. The van der Waals surface area contributed by atoms with Gasteiger partial charge in [0.25, 0.3) is 0 Å². The number of sulfone groups is 1. The summed E-state index contributed by atoms with van der Waals surface area (Å²) >= 11 is 0. The zero-order valence-electron chi connectivity index (χ0n) is 13.8. The summed E-state index contributed by atoms with van der Waals surface area (Å²) in [6.45, 7) is 3.30. The van der Waals surface area contributed by atoms with Crippen molar-refractivity contribution in [3.8, 4) is 0 Å². The average molecular weight is 345 g/mol. The monoisotopic (exact) mass is 345 g/mol. The molecule has 0 N–H and O–H groups in total. The summed E-state index contributed by atoms with van der Waals surface area (Å²) in [6.07, 6.45) is 6.45. The molecule has 1 saturated carbocycles. The Kier molecular flexibility index (Phi) is 4.99. The third-order valence-electron chi connectivity index (χ3n) is 5.17. The molecule has 132 valence electrons. The molecule has 2 saturated heterocycles. The number of carbonyl (C=O) groups excluding carboxylic acids is 1.